The van der Waals surface area contributed by atoms with Gasteiger partial charge in [-0.25, -0.2) is 0 Å². The van der Waals surface area contributed by atoms with Crippen molar-refractivity contribution in [2.45, 2.75) is 27.2 Å². The van der Waals surface area contributed by atoms with E-state index in [-0.39, 0.29) is 0 Å². The maximum atomic E-state index is 4.22. The van der Waals surface area contributed by atoms with E-state index in [0.717, 1.165) is 25.3 Å². The monoisotopic (exact) mass is 195 g/mol. The maximum Gasteiger partial charge on any atom is 0.227 e. The molecule has 0 saturated carbocycles. The number of hydrogen-bond acceptors (Lipinski definition) is 5. The zero-order valence-corrected chi connectivity index (χ0v) is 8.96. The topological polar surface area (TPSA) is 62.7 Å². The molecule has 0 aromatic carbocycles. The fourth-order valence-electron chi connectivity index (χ4n) is 1.03. The summed E-state index contributed by atoms with van der Waals surface area (Å²) in [5, 5.41) is 6.19. The fourth-order valence-corrected chi connectivity index (χ4v) is 1.03. The Morgan fingerprint density at radius 3 is 2.21 bits per heavy atom. The van der Waals surface area contributed by atoms with Crippen molar-refractivity contribution in [2.75, 3.05) is 23.7 Å². The molecule has 0 spiro atoms. The van der Waals surface area contributed by atoms with E-state index in [1.807, 2.05) is 13.8 Å². The Morgan fingerprint density at radius 2 is 1.64 bits per heavy atom. The molecule has 0 atom stereocenters. The summed E-state index contributed by atoms with van der Waals surface area (Å²) in [6.07, 6.45) is 1.06. The zero-order chi connectivity index (χ0) is 10.4. The van der Waals surface area contributed by atoms with Gasteiger partial charge >= 0.3 is 0 Å². The van der Waals surface area contributed by atoms with Crippen LogP contribution in [0, 0.1) is 6.92 Å². The summed E-state index contributed by atoms with van der Waals surface area (Å²) >= 11 is 0. The van der Waals surface area contributed by atoms with Crippen LogP contribution < -0.4 is 10.6 Å². The molecule has 0 amide bonds. The molecular formula is C9H17N5. The molecule has 78 valence electrons. The smallest absolute Gasteiger partial charge is 0.227 e. The van der Waals surface area contributed by atoms with Crippen LogP contribution >= 0.6 is 0 Å². The van der Waals surface area contributed by atoms with Crippen molar-refractivity contribution >= 4 is 11.9 Å². The first kappa shape index (κ1) is 10.7. The highest BCUT2D eigenvalue weighted by molar-refractivity contribution is 5.33. The van der Waals surface area contributed by atoms with E-state index in [0.29, 0.717) is 11.9 Å². The molecule has 0 saturated heterocycles. The molecule has 0 aliphatic rings. The predicted molar refractivity (Wildman–Crippen MR) is 57.5 cm³/mol. The first-order valence-electron chi connectivity index (χ1n) is 4.96. The van der Waals surface area contributed by atoms with Crippen LogP contribution in [0.1, 0.15) is 26.1 Å². The highest BCUT2D eigenvalue weighted by Gasteiger charge is 2.01. The molecule has 0 aliphatic heterocycles. The molecule has 0 fully saturated rings. The van der Waals surface area contributed by atoms with E-state index in [4.69, 9.17) is 0 Å². The second-order valence-electron chi connectivity index (χ2n) is 2.99. The van der Waals surface area contributed by atoms with Crippen molar-refractivity contribution in [2.24, 2.45) is 0 Å². The molecule has 0 aliphatic carbocycles. The third-order valence-corrected chi connectivity index (χ3v) is 1.62. The molecule has 0 unspecified atom stereocenters. The summed E-state index contributed by atoms with van der Waals surface area (Å²) in [5.41, 5.74) is 0. The van der Waals surface area contributed by atoms with Crippen molar-refractivity contribution in [1.29, 1.82) is 0 Å². The lowest BCUT2D eigenvalue weighted by atomic mass is 10.5. The second-order valence-corrected chi connectivity index (χ2v) is 2.99. The van der Waals surface area contributed by atoms with Crippen LogP contribution in [0.15, 0.2) is 0 Å². The standard InChI is InChI=1S/C9H17N5/c1-4-6-11-9-13-7(3)12-8(14-9)10-5-2/h4-6H2,1-3H3,(H2,10,11,12,13,14). The minimum Gasteiger partial charge on any atom is -0.354 e. The van der Waals surface area contributed by atoms with Gasteiger partial charge in [-0.1, -0.05) is 6.92 Å². The molecule has 0 bridgehead atoms. The summed E-state index contributed by atoms with van der Waals surface area (Å²) in [4.78, 5) is 12.6. The van der Waals surface area contributed by atoms with Crippen molar-refractivity contribution in [1.82, 2.24) is 15.0 Å². The number of nitrogens with one attached hydrogen (secondary N) is 2. The Kier molecular flexibility index (Phi) is 4.10. The predicted octanol–water partition coefficient (Wildman–Crippen LogP) is 1.43. The highest BCUT2D eigenvalue weighted by atomic mass is 15.2. The Bertz CT molecular complexity index is 287. The normalized spacial score (nSPS) is 9.93. The van der Waals surface area contributed by atoms with Crippen LogP contribution in [0.3, 0.4) is 0 Å². The maximum absolute atomic E-state index is 4.22. The lowest BCUT2D eigenvalue weighted by molar-refractivity contribution is 0.914. The quantitative estimate of drug-likeness (QED) is 0.744. The van der Waals surface area contributed by atoms with Gasteiger partial charge in [-0.15, -0.1) is 0 Å². The summed E-state index contributed by atoms with van der Waals surface area (Å²) in [6, 6.07) is 0. The van der Waals surface area contributed by atoms with Gasteiger partial charge in [0, 0.05) is 13.1 Å². The second kappa shape index (κ2) is 5.36. The van der Waals surface area contributed by atoms with Crippen LogP contribution in [-0.2, 0) is 0 Å². The Balaban J connectivity index is 2.73. The lowest BCUT2D eigenvalue weighted by Crippen LogP contribution is -2.10. The number of hydrogen-bond donors (Lipinski definition) is 2. The van der Waals surface area contributed by atoms with Crippen molar-refractivity contribution < 1.29 is 0 Å². The minimum absolute atomic E-state index is 0.638. The molecule has 1 rings (SSSR count). The zero-order valence-electron chi connectivity index (χ0n) is 8.96. The average molecular weight is 195 g/mol. The number of aryl methyl sites for hydroxylation is 1. The van der Waals surface area contributed by atoms with Crippen molar-refractivity contribution in [3.8, 4) is 0 Å². The molecule has 14 heavy (non-hydrogen) atoms. The molecule has 0 radical (unpaired) electrons. The van der Waals surface area contributed by atoms with E-state index in [2.05, 4.69) is 32.5 Å². The van der Waals surface area contributed by atoms with E-state index in [9.17, 15) is 0 Å². The highest BCUT2D eigenvalue weighted by Crippen LogP contribution is 2.04. The van der Waals surface area contributed by atoms with Gasteiger partial charge in [-0.05, 0) is 20.3 Å². The van der Waals surface area contributed by atoms with E-state index < -0.39 is 0 Å². The largest absolute Gasteiger partial charge is 0.354 e. The van der Waals surface area contributed by atoms with Crippen LogP contribution in [0.5, 0.6) is 0 Å². The number of aromatic nitrogens is 3. The first-order valence-corrected chi connectivity index (χ1v) is 4.96. The van der Waals surface area contributed by atoms with Gasteiger partial charge in [0.2, 0.25) is 11.9 Å². The Labute approximate surface area is 84.4 Å². The van der Waals surface area contributed by atoms with E-state index in [1.54, 1.807) is 0 Å². The van der Waals surface area contributed by atoms with Gasteiger partial charge in [0.25, 0.3) is 0 Å². The van der Waals surface area contributed by atoms with Gasteiger partial charge in [-0.2, -0.15) is 15.0 Å². The van der Waals surface area contributed by atoms with Crippen LogP contribution in [-0.4, -0.2) is 28.0 Å². The summed E-state index contributed by atoms with van der Waals surface area (Å²) in [5.74, 6) is 2.02. The van der Waals surface area contributed by atoms with E-state index >= 15 is 0 Å². The summed E-state index contributed by atoms with van der Waals surface area (Å²) in [6.45, 7) is 7.68. The molecule has 1 heterocycles. The summed E-state index contributed by atoms with van der Waals surface area (Å²) in [7, 11) is 0. The molecule has 5 heteroatoms. The van der Waals surface area contributed by atoms with Crippen LogP contribution in [0.25, 0.3) is 0 Å². The third kappa shape index (κ3) is 3.16. The van der Waals surface area contributed by atoms with Gasteiger partial charge in [-0.3, -0.25) is 0 Å². The molecule has 2 N–H and O–H groups in total. The van der Waals surface area contributed by atoms with Crippen LogP contribution in [0.2, 0.25) is 0 Å². The number of rotatable bonds is 5. The first-order chi connectivity index (χ1) is 6.76. The number of nitrogens with zero attached hydrogens (tertiary/aromatic N) is 3. The van der Waals surface area contributed by atoms with Gasteiger partial charge in [0.15, 0.2) is 0 Å². The van der Waals surface area contributed by atoms with Crippen LogP contribution in [0.4, 0.5) is 11.9 Å². The molecule has 1 aromatic rings. The van der Waals surface area contributed by atoms with Gasteiger partial charge < -0.3 is 10.6 Å². The SMILES string of the molecule is CCCNc1nc(C)nc(NCC)n1. The van der Waals surface area contributed by atoms with Crippen molar-refractivity contribution in [3.05, 3.63) is 5.82 Å². The lowest BCUT2D eigenvalue weighted by Gasteiger charge is -2.06. The van der Waals surface area contributed by atoms with Crippen molar-refractivity contribution in [3.63, 3.8) is 0 Å². The van der Waals surface area contributed by atoms with E-state index in [1.165, 1.54) is 0 Å². The molecular weight excluding hydrogens is 178 g/mol. The fraction of sp³-hybridized carbons (Fsp3) is 0.667. The van der Waals surface area contributed by atoms with Gasteiger partial charge in [0.1, 0.15) is 5.82 Å². The van der Waals surface area contributed by atoms with Gasteiger partial charge in [0.05, 0.1) is 0 Å². The molecule has 5 nitrogen and oxygen atoms in total. The third-order valence-electron chi connectivity index (χ3n) is 1.62. The minimum atomic E-state index is 0.638. The Morgan fingerprint density at radius 1 is 1.00 bits per heavy atom. The Hall–Kier alpha value is -1.39. The summed E-state index contributed by atoms with van der Waals surface area (Å²) < 4.78 is 0. The average Bonchev–Trinajstić information content (AvgIpc) is 2.14. The number of anilines is 2. The molecule has 1 aromatic heterocycles.